The molecule has 1 saturated heterocycles. The van der Waals surface area contributed by atoms with Gasteiger partial charge in [0.1, 0.15) is 17.6 Å². The summed E-state index contributed by atoms with van der Waals surface area (Å²) < 4.78 is 5.57. The highest BCUT2D eigenvalue weighted by Crippen LogP contribution is 2.38. The van der Waals surface area contributed by atoms with Crippen molar-refractivity contribution in [3.8, 4) is 5.75 Å². The van der Waals surface area contributed by atoms with E-state index in [1.807, 2.05) is 25.9 Å². The van der Waals surface area contributed by atoms with Crippen molar-refractivity contribution in [3.63, 3.8) is 0 Å². The van der Waals surface area contributed by atoms with E-state index in [4.69, 9.17) is 4.74 Å². The highest BCUT2D eigenvalue weighted by atomic mass is 16.5. The van der Waals surface area contributed by atoms with Gasteiger partial charge in [-0.2, -0.15) is 0 Å². The minimum Gasteiger partial charge on any atom is -0.507 e. The Kier molecular flexibility index (Phi) is 6.84. The maximum Gasteiger partial charge on any atom is 0.295 e. The third-order valence-corrected chi connectivity index (χ3v) is 4.90. The average molecular weight is 409 g/mol. The highest BCUT2D eigenvalue weighted by molar-refractivity contribution is 6.46. The summed E-state index contributed by atoms with van der Waals surface area (Å²) in [5, 5.41) is 11.0. The zero-order chi connectivity index (χ0) is 21.7. The van der Waals surface area contributed by atoms with Crippen molar-refractivity contribution in [3.05, 3.63) is 65.5 Å². The Labute approximate surface area is 176 Å². The van der Waals surface area contributed by atoms with Crippen LogP contribution in [0.3, 0.4) is 0 Å². The first-order chi connectivity index (χ1) is 14.4. The standard InChI is InChI=1S/C23H27N3O4/c1-4-15-30-17-10-8-16(9-11-17)21(27)19-20(18-7-5-6-12-24-18)26(14-13-25(2)3)23(29)22(19)28/h5-12,20,27H,4,13-15H2,1-3H3/t20-/m0/s1. The second-order valence-corrected chi connectivity index (χ2v) is 7.42. The molecule has 0 radical (unpaired) electrons. The Morgan fingerprint density at radius 2 is 1.90 bits per heavy atom. The molecule has 0 saturated carbocycles. The topological polar surface area (TPSA) is 83.0 Å². The first kappa shape index (κ1) is 21.5. The third kappa shape index (κ3) is 4.52. The van der Waals surface area contributed by atoms with E-state index in [1.54, 1.807) is 48.7 Å². The van der Waals surface area contributed by atoms with Gasteiger partial charge in [0.25, 0.3) is 11.7 Å². The molecule has 1 aromatic heterocycles. The van der Waals surface area contributed by atoms with Gasteiger partial charge in [0.05, 0.1) is 17.9 Å². The lowest BCUT2D eigenvalue weighted by atomic mass is 9.98. The van der Waals surface area contributed by atoms with Gasteiger partial charge in [0.2, 0.25) is 0 Å². The number of carbonyl (C=O) groups is 2. The van der Waals surface area contributed by atoms with Gasteiger partial charge in [-0.05, 0) is 56.9 Å². The lowest BCUT2D eigenvalue weighted by Gasteiger charge is -2.25. The molecule has 7 heteroatoms. The number of aliphatic hydroxyl groups is 1. The van der Waals surface area contributed by atoms with Crippen LogP contribution in [-0.4, -0.2) is 65.4 Å². The van der Waals surface area contributed by atoms with E-state index in [2.05, 4.69) is 4.98 Å². The summed E-state index contributed by atoms with van der Waals surface area (Å²) in [7, 11) is 3.79. The molecule has 1 fully saturated rings. The number of carbonyl (C=O) groups excluding carboxylic acids is 2. The number of nitrogens with zero attached hydrogens (tertiary/aromatic N) is 3. The molecule has 1 aliphatic rings. The number of likely N-dealkylation sites (tertiary alicyclic amines) is 1. The SMILES string of the molecule is CCCOc1ccc(C(O)=C2C(=O)C(=O)N(CCN(C)C)[C@H]2c2ccccn2)cc1. The summed E-state index contributed by atoms with van der Waals surface area (Å²) in [4.78, 5) is 33.4. The number of ketones is 1. The van der Waals surface area contributed by atoms with Crippen LogP contribution in [0, 0.1) is 0 Å². The number of hydrogen-bond donors (Lipinski definition) is 1. The van der Waals surface area contributed by atoms with Gasteiger partial charge in [-0.1, -0.05) is 13.0 Å². The van der Waals surface area contributed by atoms with E-state index < -0.39 is 17.7 Å². The molecule has 1 atom stereocenters. The van der Waals surface area contributed by atoms with Crippen molar-refractivity contribution in [2.45, 2.75) is 19.4 Å². The average Bonchev–Trinajstić information content (AvgIpc) is 3.01. The van der Waals surface area contributed by atoms with E-state index in [0.717, 1.165) is 6.42 Å². The molecule has 30 heavy (non-hydrogen) atoms. The number of aliphatic hydroxyl groups excluding tert-OH is 1. The number of amides is 1. The summed E-state index contributed by atoms with van der Waals surface area (Å²) in [6, 6.07) is 11.4. The fourth-order valence-electron chi connectivity index (χ4n) is 3.35. The first-order valence-electron chi connectivity index (χ1n) is 10.0. The number of pyridine rings is 1. The lowest BCUT2D eigenvalue weighted by molar-refractivity contribution is -0.140. The molecule has 3 rings (SSSR count). The molecule has 2 aromatic rings. The maximum absolute atomic E-state index is 12.9. The van der Waals surface area contributed by atoms with Crippen LogP contribution in [0.5, 0.6) is 5.75 Å². The zero-order valence-electron chi connectivity index (χ0n) is 17.5. The van der Waals surface area contributed by atoms with Gasteiger partial charge in [-0.3, -0.25) is 14.6 Å². The van der Waals surface area contributed by atoms with Gasteiger partial charge in [-0.25, -0.2) is 0 Å². The fraction of sp³-hybridized carbons (Fsp3) is 0.348. The molecule has 0 spiro atoms. The number of ether oxygens (including phenoxy) is 1. The minimum atomic E-state index is -0.734. The van der Waals surface area contributed by atoms with Crippen molar-refractivity contribution in [2.75, 3.05) is 33.8 Å². The molecular weight excluding hydrogens is 382 g/mol. The molecule has 1 amide bonds. The number of benzene rings is 1. The van der Waals surface area contributed by atoms with Crippen molar-refractivity contribution < 1.29 is 19.4 Å². The highest BCUT2D eigenvalue weighted by Gasteiger charge is 2.46. The normalized spacial score (nSPS) is 18.3. The predicted octanol–water partition coefficient (Wildman–Crippen LogP) is 2.85. The van der Waals surface area contributed by atoms with Gasteiger partial charge >= 0.3 is 0 Å². The zero-order valence-corrected chi connectivity index (χ0v) is 17.5. The summed E-state index contributed by atoms with van der Waals surface area (Å²) in [6.07, 6.45) is 2.50. The molecule has 158 valence electrons. The van der Waals surface area contributed by atoms with E-state index >= 15 is 0 Å². The molecular formula is C23H27N3O4. The van der Waals surface area contributed by atoms with Crippen molar-refractivity contribution >= 4 is 17.4 Å². The third-order valence-electron chi connectivity index (χ3n) is 4.90. The summed E-state index contributed by atoms with van der Waals surface area (Å²) in [6.45, 7) is 3.55. The molecule has 0 unspecified atom stereocenters. The van der Waals surface area contributed by atoms with Crippen LogP contribution >= 0.6 is 0 Å². The molecule has 7 nitrogen and oxygen atoms in total. The molecule has 0 aliphatic carbocycles. The van der Waals surface area contributed by atoms with Crippen LogP contribution in [0.1, 0.15) is 30.6 Å². The monoisotopic (exact) mass is 409 g/mol. The van der Waals surface area contributed by atoms with Crippen LogP contribution in [0.2, 0.25) is 0 Å². The van der Waals surface area contributed by atoms with Crippen LogP contribution in [0.25, 0.3) is 5.76 Å². The van der Waals surface area contributed by atoms with Crippen LogP contribution in [-0.2, 0) is 9.59 Å². The van der Waals surface area contributed by atoms with Gasteiger partial charge in [0.15, 0.2) is 0 Å². The smallest absolute Gasteiger partial charge is 0.295 e. The Bertz CT molecular complexity index is 923. The first-order valence-corrected chi connectivity index (χ1v) is 10.0. The number of hydrogen-bond acceptors (Lipinski definition) is 6. The Balaban J connectivity index is 2.03. The van der Waals surface area contributed by atoms with Gasteiger partial charge in [0, 0.05) is 24.8 Å². The number of Topliss-reactive ketones (excluding diaryl/α,β-unsaturated/α-hetero) is 1. The minimum absolute atomic E-state index is 0.0553. The van der Waals surface area contributed by atoms with E-state index in [-0.39, 0.29) is 11.3 Å². The lowest BCUT2D eigenvalue weighted by Crippen LogP contribution is -2.35. The predicted molar refractivity (Wildman–Crippen MR) is 114 cm³/mol. The fourth-order valence-corrected chi connectivity index (χ4v) is 3.35. The summed E-state index contributed by atoms with van der Waals surface area (Å²) in [5.74, 6) is -0.857. The Morgan fingerprint density at radius 1 is 1.17 bits per heavy atom. The van der Waals surface area contributed by atoms with Crippen LogP contribution in [0.4, 0.5) is 0 Å². The van der Waals surface area contributed by atoms with E-state index in [9.17, 15) is 14.7 Å². The quantitative estimate of drug-likeness (QED) is 0.410. The number of likely N-dealkylation sites (N-methyl/N-ethyl adjacent to an activating group) is 1. The number of rotatable bonds is 8. The second kappa shape index (κ2) is 9.54. The molecule has 1 aromatic carbocycles. The molecule has 1 N–H and O–H groups in total. The van der Waals surface area contributed by atoms with Crippen LogP contribution < -0.4 is 4.74 Å². The summed E-state index contributed by atoms with van der Waals surface area (Å²) in [5.41, 5.74) is 1.05. The summed E-state index contributed by atoms with van der Waals surface area (Å²) >= 11 is 0. The van der Waals surface area contributed by atoms with Crippen molar-refractivity contribution in [1.82, 2.24) is 14.8 Å². The molecule has 2 heterocycles. The van der Waals surface area contributed by atoms with Crippen molar-refractivity contribution in [1.29, 1.82) is 0 Å². The van der Waals surface area contributed by atoms with Gasteiger partial charge < -0.3 is 19.6 Å². The van der Waals surface area contributed by atoms with Crippen LogP contribution in [0.15, 0.2) is 54.2 Å². The number of aromatic nitrogens is 1. The Morgan fingerprint density at radius 3 is 2.50 bits per heavy atom. The molecule has 1 aliphatic heterocycles. The van der Waals surface area contributed by atoms with Gasteiger partial charge in [-0.15, -0.1) is 0 Å². The van der Waals surface area contributed by atoms with Crippen molar-refractivity contribution in [2.24, 2.45) is 0 Å². The maximum atomic E-state index is 12.9. The van der Waals surface area contributed by atoms with E-state index in [1.165, 1.54) is 4.90 Å². The Hall–Kier alpha value is -3.19. The molecule has 0 bridgehead atoms. The van der Waals surface area contributed by atoms with E-state index in [0.29, 0.717) is 36.7 Å². The largest absolute Gasteiger partial charge is 0.507 e. The second-order valence-electron chi connectivity index (χ2n) is 7.42.